The van der Waals surface area contributed by atoms with Gasteiger partial charge in [0.05, 0.1) is 0 Å². The van der Waals surface area contributed by atoms with E-state index in [1.165, 1.54) is 0 Å². The summed E-state index contributed by atoms with van der Waals surface area (Å²) in [5.74, 6) is 4.10. The summed E-state index contributed by atoms with van der Waals surface area (Å²) in [6.45, 7) is 0.958. The van der Waals surface area contributed by atoms with Gasteiger partial charge < -0.3 is 9.63 Å². The molecule has 5 heavy (non-hydrogen) atoms. The van der Waals surface area contributed by atoms with Crippen LogP contribution in [0.2, 0.25) is 0 Å². The average Bonchev–Trinajstić information content (AvgIpc) is 1.37. The minimum absolute atomic E-state index is 0. The Morgan fingerprint density at radius 2 is 2.00 bits per heavy atom. The molecule has 0 bridgehead atoms. The third-order valence-electron chi connectivity index (χ3n) is 0.0481. The van der Waals surface area contributed by atoms with Crippen LogP contribution < -0.4 is 5.90 Å². The normalized spacial score (nSPS) is 4.20. The molecule has 3 nitrogen and oxygen atoms in total. The van der Waals surface area contributed by atoms with E-state index in [1.807, 2.05) is 0 Å². The van der Waals surface area contributed by atoms with E-state index in [2.05, 4.69) is 10.7 Å². The van der Waals surface area contributed by atoms with Crippen molar-refractivity contribution in [3.05, 3.63) is 0 Å². The van der Waals surface area contributed by atoms with Crippen LogP contribution in [0.15, 0.2) is 0 Å². The Hall–Kier alpha value is 0.170. The van der Waals surface area contributed by atoms with Crippen LogP contribution in [0, 0.1) is 0 Å². The van der Waals surface area contributed by atoms with Crippen LogP contribution >= 0.6 is 0 Å². The van der Waals surface area contributed by atoms with E-state index in [9.17, 15) is 0 Å². The summed E-state index contributed by atoms with van der Waals surface area (Å²) in [5, 5.41) is 0. The Bertz CT molecular complexity index is 23.6. The van der Waals surface area contributed by atoms with E-state index in [0.29, 0.717) is 0 Å². The Morgan fingerprint density at radius 1 is 1.80 bits per heavy atom. The van der Waals surface area contributed by atoms with Gasteiger partial charge in [0.2, 0.25) is 0 Å². The smallest absolute Gasteiger partial charge is 0.574 e. The second-order valence-electron chi connectivity index (χ2n) is 0.201. The Balaban J connectivity index is 0. The van der Waals surface area contributed by atoms with Crippen LogP contribution in [0.5, 0.6) is 0 Å². The summed E-state index contributed by atoms with van der Waals surface area (Å²) in [4.78, 5) is 11.9. The van der Waals surface area contributed by atoms with E-state index < -0.39 is 0 Å². The van der Waals surface area contributed by atoms with Gasteiger partial charge in [-0.2, -0.15) is 0 Å². The molecule has 0 rings (SSSR count). The first-order valence-electron chi connectivity index (χ1n) is 0.644. The van der Waals surface area contributed by atoms with Crippen molar-refractivity contribution < 1.29 is 32.0 Å². The molecule has 0 amide bonds. The third-order valence-corrected chi connectivity index (χ3v) is 0.0481. The molecule has 0 fully saturated rings. The molecule has 0 saturated heterocycles. The van der Waals surface area contributed by atoms with E-state index >= 15 is 0 Å². The van der Waals surface area contributed by atoms with Crippen LogP contribution in [0.1, 0.15) is 0 Å². The van der Waals surface area contributed by atoms with Crippen molar-refractivity contribution in [2.24, 2.45) is 5.90 Å². The molecule has 0 aliphatic rings. The van der Waals surface area contributed by atoms with Crippen molar-refractivity contribution in [2.75, 3.05) is 0 Å². The van der Waals surface area contributed by atoms with Crippen LogP contribution in [0.25, 0.3) is 0 Å². The molecule has 0 aromatic heterocycles. The fourth-order valence-electron chi connectivity index (χ4n) is 0. The molecule has 0 unspecified atom stereocenters. The maximum absolute atomic E-state index is 8.70. The summed E-state index contributed by atoms with van der Waals surface area (Å²) in [6, 6.07) is 0. The number of nitrogens with two attached hydrogens (primary N) is 1. The van der Waals surface area contributed by atoms with Gasteiger partial charge in [0.15, 0.2) is 0 Å². The predicted octanol–water partition coefficient (Wildman–Crippen LogP) is -1.06. The molecule has 34 valence electrons. The van der Waals surface area contributed by atoms with E-state index in [1.54, 1.807) is 0 Å². The van der Waals surface area contributed by atoms with E-state index in [-0.39, 0.29) is 22.4 Å². The summed E-state index contributed by atoms with van der Waals surface area (Å²) >= 11 is 0. The minimum atomic E-state index is 0. The van der Waals surface area contributed by atoms with Crippen molar-refractivity contribution in [3.8, 4) is 0 Å². The minimum Gasteiger partial charge on any atom is -0.574 e. The Labute approximate surface area is 44.9 Å². The van der Waals surface area contributed by atoms with Gasteiger partial charge in [-0.15, -0.1) is 0 Å². The fraction of sp³-hybridized carbons (Fsp3) is 0. The molecule has 0 radical (unpaired) electrons. The molecule has 2 N–H and O–H groups in total. The van der Waals surface area contributed by atoms with Crippen molar-refractivity contribution in [3.63, 3.8) is 0 Å². The molecule has 0 aromatic carbocycles. The van der Waals surface area contributed by atoms with Crippen molar-refractivity contribution in [1.82, 2.24) is 0 Å². The van der Waals surface area contributed by atoms with Gasteiger partial charge in [-0.1, -0.05) is 0 Å². The first-order chi connectivity index (χ1) is 1.91. The number of hydrogen-bond donors (Lipinski definition) is 1. The SMILES string of the molecule is NO[C-]=O.[Ag+]. The molecule has 0 heterocycles. The van der Waals surface area contributed by atoms with Crippen LogP contribution in [-0.4, -0.2) is 6.47 Å². The maximum atomic E-state index is 8.70. The fourth-order valence-corrected chi connectivity index (χ4v) is 0. The summed E-state index contributed by atoms with van der Waals surface area (Å²) in [6.07, 6.45) is 0. The second-order valence-corrected chi connectivity index (χ2v) is 0.201. The Kier molecular flexibility index (Phi) is 15.9. The molecule has 0 aromatic rings. The quantitative estimate of drug-likeness (QED) is 0.308. The zero-order chi connectivity index (χ0) is 3.41. The first kappa shape index (κ1) is 8.95. The standard InChI is InChI=1S/CH2NO2.Ag/c2-4-1-3;/h2H2;/q-1;+1. The zero-order valence-corrected chi connectivity index (χ0v) is 3.68. The molecule has 0 aliphatic heterocycles. The molecule has 0 spiro atoms. The molecular weight excluding hydrogens is 166 g/mol. The number of carbonyl (C=O) groups excluding carboxylic acids is 1. The predicted molar refractivity (Wildman–Crippen MR) is 11.0 cm³/mol. The first-order valence-corrected chi connectivity index (χ1v) is 0.644. The van der Waals surface area contributed by atoms with E-state index in [4.69, 9.17) is 4.79 Å². The number of hydrogen-bond acceptors (Lipinski definition) is 3. The van der Waals surface area contributed by atoms with Crippen LogP contribution in [0.3, 0.4) is 0 Å². The topological polar surface area (TPSA) is 52.3 Å². The Morgan fingerprint density at radius 3 is 2.00 bits per heavy atom. The third kappa shape index (κ3) is 14.3. The van der Waals surface area contributed by atoms with Crippen LogP contribution in [-0.2, 0) is 32.0 Å². The monoisotopic (exact) mass is 167 g/mol. The molecular formula is CH2AgNO2. The second kappa shape index (κ2) is 8.90. The van der Waals surface area contributed by atoms with Gasteiger partial charge in [0, 0.05) is 0 Å². The average molecular weight is 168 g/mol. The molecule has 0 atom stereocenters. The van der Waals surface area contributed by atoms with Crippen LogP contribution in [0.4, 0.5) is 0 Å². The molecule has 0 saturated carbocycles. The van der Waals surface area contributed by atoms with Crippen molar-refractivity contribution in [2.45, 2.75) is 0 Å². The number of rotatable bonds is 1. The summed E-state index contributed by atoms with van der Waals surface area (Å²) in [7, 11) is 0. The van der Waals surface area contributed by atoms with Gasteiger partial charge in [0.1, 0.15) is 0 Å². The van der Waals surface area contributed by atoms with E-state index in [0.717, 1.165) is 6.47 Å². The maximum Gasteiger partial charge on any atom is 1.00 e. The molecule has 4 heteroatoms. The van der Waals surface area contributed by atoms with Gasteiger partial charge in [-0.05, 0) is 6.47 Å². The largest absolute Gasteiger partial charge is 1.00 e. The van der Waals surface area contributed by atoms with Crippen molar-refractivity contribution in [1.29, 1.82) is 0 Å². The summed E-state index contributed by atoms with van der Waals surface area (Å²) < 4.78 is 0. The molecule has 0 aliphatic carbocycles. The zero-order valence-electron chi connectivity index (χ0n) is 2.20. The van der Waals surface area contributed by atoms with Gasteiger partial charge in [-0.3, -0.25) is 0 Å². The van der Waals surface area contributed by atoms with Gasteiger partial charge in [-0.25, -0.2) is 5.90 Å². The van der Waals surface area contributed by atoms with Gasteiger partial charge in [0.25, 0.3) is 0 Å². The summed E-state index contributed by atoms with van der Waals surface area (Å²) in [5.41, 5.74) is 0. The van der Waals surface area contributed by atoms with Gasteiger partial charge >= 0.3 is 22.4 Å². The van der Waals surface area contributed by atoms with Crippen molar-refractivity contribution >= 4 is 6.47 Å².